The van der Waals surface area contributed by atoms with E-state index < -0.39 is 40.3 Å². The molecular weight excluding hydrogens is 472 g/mol. The average Bonchev–Trinajstić information content (AvgIpc) is 3.47. The van der Waals surface area contributed by atoms with Crippen molar-refractivity contribution < 1.29 is 33.3 Å². The molecule has 1 aromatic carbocycles. The molecule has 5 aliphatic rings. The predicted molar refractivity (Wildman–Crippen MR) is 134 cm³/mol. The minimum absolute atomic E-state index is 0.0626. The molecule has 0 radical (unpaired) electrons. The van der Waals surface area contributed by atoms with Gasteiger partial charge in [0.2, 0.25) is 0 Å². The molecule has 196 valence electrons. The first-order chi connectivity index (χ1) is 17.5. The number of hydrogen-bond donors (Lipinski definition) is 0. The summed E-state index contributed by atoms with van der Waals surface area (Å²) in [4.78, 5) is 39.9. The zero-order valence-corrected chi connectivity index (χ0v) is 22.2. The van der Waals surface area contributed by atoms with Crippen molar-refractivity contribution in [2.24, 2.45) is 28.1 Å². The Bertz CT molecular complexity index is 1260. The van der Waals surface area contributed by atoms with Crippen molar-refractivity contribution in [2.45, 2.75) is 64.8 Å². The molecule has 9 atom stereocenters. The highest BCUT2D eigenvalue weighted by atomic mass is 16.6. The molecule has 1 aromatic rings. The number of esters is 2. The number of methoxy groups -OCH3 is 2. The lowest BCUT2D eigenvalue weighted by Gasteiger charge is -2.59. The van der Waals surface area contributed by atoms with Crippen LogP contribution >= 0.6 is 0 Å². The number of rotatable bonds is 4. The summed E-state index contributed by atoms with van der Waals surface area (Å²) in [5, 5.41) is 0. The minimum Gasteiger partial charge on any atom is -0.497 e. The molecule has 0 amide bonds. The largest absolute Gasteiger partial charge is 0.497 e. The highest BCUT2D eigenvalue weighted by Crippen LogP contribution is 2.72. The third-order valence-corrected chi connectivity index (χ3v) is 10.5. The van der Waals surface area contributed by atoms with Crippen LogP contribution in [0.4, 0.5) is 0 Å². The van der Waals surface area contributed by atoms with Gasteiger partial charge in [0, 0.05) is 22.7 Å². The van der Waals surface area contributed by atoms with Crippen LogP contribution < -0.4 is 4.74 Å². The SMILES string of the molecule is COC(=O)C[C@H]1[C@]2(C)C3=C(C)[C@H](c4ccc(OC)cc4)C[C@H]3O[C@@H]2[C@@H]2OC(=O)[C@]3(C)C=CC(=O)[C@@]1(C)[C@@H]23. The Hall–Kier alpha value is -2.93. The Morgan fingerprint density at radius 2 is 1.78 bits per heavy atom. The van der Waals surface area contributed by atoms with Gasteiger partial charge in [0.15, 0.2) is 5.78 Å². The maximum absolute atomic E-state index is 13.8. The quantitative estimate of drug-likeness (QED) is 0.448. The van der Waals surface area contributed by atoms with Crippen molar-refractivity contribution >= 4 is 17.7 Å². The van der Waals surface area contributed by atoms with E-state index in [1.807, 2.05) is 26.0 Å². The van der Waals surface area contributed by atoms with Gasteiger partial charge in [-0.3, -0.25) is 14.4 Å². The van der Waals surface area contributed by atoms with Gasteiger partial charge in [0.25, 0.3) is 0 Å². The number of carbonyl (C=O) groups is 3. The van der Waals surface area contributed by atoms with E-state index in [9.17, 15) is 14.4 Å². The summed E-state index contributed by atoms with van der Waals surface area (Å²) >= 11 is 0. The van der Waals surface area contributed by atoms with Crippen molar-refractivity contribution in [3.8, 4) is 5.75 Å². The van der Waals surface area contributed by atoms with Crippen molar-refractivity contribution in [3.63, 3.8) is 0 Å². The molecule has 2 aliphatic heterocycles. The van der Waals surface area contributed by atoms with Crippen LogP contribution in [0.1, 0.15) is 52.0 Å². The molecule has 2 saturated heterocycles. The fraction of sp³-hybridized carbons (Fsp3) is 0.567. The molecule has 7 nitrogen and oxygen atoms in total. The standard InChI is InChI=1S/C30H34O7/c1-15-18(16-7-9-17(34-5)10-8-16)13-19-23(15)30(4)20(14-22(32)35-6)29(3)21(31)11-12-28(2)25(29)24(26(30)36-19)37-27(28)33/h7-12,18-20,24-26H,13-14H2,1-6H3/t18-,19-,20-,24-,25+,26-,28-,29+,30-/m1/s1. The second kappa shape index (κ2) is 7.79. The number of carbonyl (C=O) groups excluding carboxylic acids is 3. The van der Waals surface area contributed by atoms with Crippen molar-refractivity contribution in [2.75, 3.05) is 14.2 Å². The predicted octanol–water partition coefficient (Wildman–Crippen LogP) is 4.16. The monoisotopic (exact) mass is 506 g/mol. The summed E-state index contributed by atoms with van der Waals surface area (Å²) in [5.41, 5.74) is 0.876. The first-order valence-corrected chi connectivity index (χ1v) is 13.0. The molecule has 7 heteroatoms. The highest BCUT2D eigenvalue weighted by Gasteiger charge is 2.77. The van der Waals surface area contributed by atoms with Crippen LogP contribution in [-0.4, -0.2) is 50.3 Å². The molecule has 37 heavy (non-hydrogen) atoms. The highest BCUT2D eigenvalue weighted by molar-refractivity contribution is 6.00. The molecule has 0 spiro atoms. The second-order valence-corrected chi connectivity index (χ2v) is 11.9. The lowest BCUT2D eigenvalue weighted by Crippen LogP contribution is -2.66. The van der Waals surface area contributed by atoms with E-state index in [4.69, 9.17) is 18.9 Å². The number of benzene rings is 1. The second-order valence-electron chi connectivity index (χ2n) is 11.9. The molecule has 0 bridgehead atoms. The molecule has 3 fully saturated rings. The lowest BCUT2D eigenvalue weighted by atomic mass is 9.42. The summed E-state index contributed by atoms with van der Waals surface area (Å²) < 4.78 is 23.4. The number of ether oxygens (including phenoxy) is 4. The molecule has 0 aromatic heterocycles. The first kappa shape index (κ1) is 24.4. The summed E-state index contributed by atoms with van der Waals surface area (Å²) in [6, 6.07) is 8.09. The molecular formula is C30H34O7. The van der Waals surface area contributed by atoms with Crippen molar-refractivity contribution in [1.29, 1.82) is 0 Å². The Morgan fingerprint density at radius 1 is 1.08 bits per heavy atom. The van der Waals surface area contributed by atoms with E-state index in [1.165, 1.54) is 24.3 Å². The Balaban J connectivity index is 1.53. The molecule has 3 aliphatic carbocycles. The van der Waals surface area contributed by atoms with Crippen LogP contribution in [0.3, 0.4) is 0 Å². The van der Waals surface area contributed by atoms with Crippen molar-refractivity contribution in [1.82, 2.24) is 0 Å². The maximum Gasteiger partial charge on any atom is 0.316 e. The Labute approximate surface area is 217 Å². The van der Waals surface area contributed by atoms with Gasteiger partial charge in [-0.15, -0.1) is 0 Å². The number of ketones is 1. The molecule has 0 N–H and O–H groups in total. The summed E-state index contributed by atoms with van der Waals surface area (Å²) in [6.45, 7) is 8.01. The van der Waals surface area contributed by atoms with Crippen LogP contribution in [0.15, 0.2) is 47.6 Å². The van der Waals surface area contributed by atoms with Crippen LogP contribution in [0, 0.1) is 28.1 Å². The summed E-state index contributed by atoms with van der Waals surface area (Å²) in [6.07, 6.45) is 2.85. The normalized spacial score (nSPS) is 43.3. The van der Waals surface area contributed by atoms with Crippen LogP contribution in [0.2, 0.25) is 0 Å². The van der Waals surface area contributed by atoms with E-state index in [0.717, 1.165) is 17.7 Å². The minimum atomic E-state index is -0.997. The fourth-order valence-electron chi connectivity index (χ4n) is 8.77. The number of allylic oxidation sites excluding steroid dienone is 2. The van der Waals surface area contributed by atoms with E-state index in [0.29, 0.717) is 0 Å². The van der Waals surface area contributed by atoms with Gasteiger partial charge in [-0.05, 0) is 55.5 Å². The van der Waals surface area contributed by atoms with E-state index in [2.05, 4.69) is 26.0 Å². The number of hydrogen-bond acceptors (Lipinski definition) is 7. The molecule has 1 saturated carbocycles. The third-order valence-electron chi connectivity index (χ3n) is 10.5. The average molecular weight is 507 g/mol. The smallest absolute Gasteiger partial charge is 0.316 e. The third kappa shape index (κ3) is 2.89. The van der Waals surface area contributed by atoms with Crippen LogP contribution in [0.25, 0.3) is 0 Å². The Kier molecular flexibility index (Phi) is 5.14. The van der Waals surface area contributed by atoms with Gasteiger partial charge in [-0.25, -0.2) is 0 Å². The van der Waals surface area contributed by atoms with Gasteiger partial charge < -0.3 is 18.9 Å². The van der Waals surface area contributed by atoms with Gasteiger partial charge in [0.1, 0.15) is 18.0 Å². The van der Waals surface area contributed by atoms with E-state index in [1.54, 1.807) is 13.2 Å². The van der Waals surface area contributed by atoms with Crippen LogP contribution in [-0.2, 0) is 28.6 Å². The zero-order chi connectivity index (χ0) is 26.5. The molecule has 2 heterocycles. The van der Waals surface area contributed by atoms with Gasteiger partial charge in [-0.2, -0.15) is 0 Å². The van der Waals surface area contributed by atoms with Crippen LogP contribution in [0.5, 0.6) is 5.75 Å². The van der Waals surface area contributed by atoms with Crippen molar-refractivity contribution in [3.05, 3.63) is 53.1 Å². The Morgan fingerprint density at radius 3 is 2.43 bits per heavy atom. The van der Waals surface area contributed by atoms with Gasteiger partial charge in [0.05, 0.1) is 32.2 Å². The van der Waals surface area contributed by atoms with Gasteiger partial charge >= 0.3 is 11.9 Å². The molecule has 0 unspecified atom stereocenters. The maximum atomic E-state index is 13.8. The number of fused-ring (bicyclic) bond motifs is 4. The fourth-order valence-corrected chi connectivity index (χ4v) is 8.77. The first-order valence-electron chi connectivity index (χ1n) is 13.0. The van der Waals surface area contributed by atoms with Gasteiger partial charge in [-0.1, -0.05) is 37.6 Å². The van der Waals surface area contributed by atoms with E-state index in [-0.39, 0.29) is 36.2 Å². The summed E-state index contributed by atoms with van der Waals surface area (Å²) in [5.74, 6) is -0.671. The van der Waals surface area contributed by atoms with E-state index >= 15 is 0 Å². The topological polar surface area (TPSA) is 88.1 Å². The summed E-state index contributed by atoms with van der Waals surface area (Å²) in [7, 11) is 3.02. The zero-order valence-electron chi connectivity index (χ0n) is 22.2. The molecule has 6 rings (SSSR count). The lowest BCUT2D eigenvalue weighted by molar-refractivity contribution is -0.190.